The fourth-order valence-electron chi connectivity index (χ4n) is 0.667. The van der Waals surface area contributed by atoms with Crippen molar-refractivity contribution >= 4 is 17.5 Å². The molecule has 0 spiro atoms. The van der Waals surface area contributed by atoms with Gasteiger partial charge in [-0.05, 0) is 19.8 Å². The maximum Gasteiger partial charge on any atom is 0.238 e. The molecule has 0 aromatic carbocycles. The SMILES string of the molecule is CC(C)NC(=O)C(Cl)C(C)C. The molecule has 0 fully saturated rings. The van der Waals surface area contributed by atoms with Crippen LogP contribution in [0.25, 0.3) is 0 Å². The number of alkyl halides is 1. The molecule has 0 aliphatic carbocycles. The van der Waals surface area contributed by atoms with Crippen molar-refractivity contribution in [3.63, 3.8) is 0 Å². The van der Waals surface area contributed by atoms with Crippen molar-refractivity contribution < 1.29 is 4.79 Å². The summed E-state index contributed by atoms with van der Waals surface area (Å²) in [6.07, 6.45) is 0. The Morgan fingerprint density at radius 1 is 1.27 bits per heavy atom. The molecule has 1 N–H and O–H groups in total. The first kappa shape index (κ1) is 10.8. The van der Waals surface area contributed by atoms with Crippen LogP contribution < -0.4 is 5.32 Å². The van der Waals surface area contributed by atoms with Crippen LogP contribution in [0.4, 0.5) is 0 Å². The van der Waals surface area contributed by atoms with Crippen LogP contribution >= 0.6 is 11.6 Å². The minimum absolute atomic E-state index is 0.0725. The minimum atomic E-state index is -0.405. The lowest BCUT2D eigenvalue weighted by atomic mass is 10.1. The molecule has 0 aliphatic rings. The summed E-state index contributed by atoms with van der Waals surface area (Å²) in [4.78, 5) is 11.2. The van der Waals surface area contributed by atoms with Gasteiger partial charge in [-0.15, -0.1) is 11.6 Å². The fraction of sp³-hybridized carbons (Fsp3) is 0.875. The molecule has 0 bridgehead atoms. The third-order valence-corrected chi connectivity index (χ3v) is 1.97. The molecule has 3 heteroatoms. The molecular formula is C8H16ClNO. The highest BCUT2D eigenvalue weighted by atomic mass is 35.5. The van der Waals surface area contributed by atoms with E-state index in [0.29, 0.717) is 0 Å². The quantitative estimate of drug-likeness (QED) is 0.655. The Bertz CT molecular complexity index is 134. The van der Waals surface area contributed by atoms with Gasteiger partial charge in [-0.2, -0.15) is 0 Å². The van der Waals surface area contributed by atoms with Crippen molar-refractivity contribution in [2.45, 2.75) is 39.1 Å². The number of halogens is 1. The number of amides is 1. The lowest BCUT2D eigenvalue weighted by Crippen LogP contribution is -2.38. The molecule has 1 atom stereocenters. The zero-order valence-electron chi connectivity index (χ0n) is 7.52. The van der Waals surface area contributed by atoms with E-state index < -0.39 is 5.38 Å². The van der Waals surface area contributed by atoms with E-state index in [1.165, 1.54) is 0 Å². The van der Waals surface area contributed by atoms with E-state index >= 15 is 0 Å². The Hall–Kier alpha value is -0.240. The van der Waals surface area contributed by atoms with Crippen LogP contribution in [-0.4, -0.2) is 17.3 Å². The average Bonchev–Trinajstić information content (AvgIpc) is 1.84. The molecule has 2 nitrogen and oxygen atoms in total. The second-order valence-electron chi connectivity index (χ2n) is 3.31. The highest BCUT2D eigenvalue weighted by Crippen LogP contribution is 2.09. The summed E-state index contributed by atoms with van der Waals surface area (Å²) in [7, 11) is 0. The Balaban J connectivity index is 3.83. The van der Waals surface area contributed by atoms with Crippen LogP contribution in [0.5, 0.6) is 0 Å². The molecule has 0 heterocycles. The van der Waals surface area contributed by atoms with Gasteiger partial charge in [0.15, 0.2) is 0 Å². The van der Waals surface area contributed by atoms with Crippen molar-refractivity contribution in [3.05, 3.63) is 0 Å². The van der Waals surface area contributed by atoms with Crippen molar-refractivity contribution in [1.29, 1.82) is 0 Å². The molecule has 1 unspecified atom stereocenters. The van der Waals surface area contributed by atoms with Crippen molar-refractivity contribution in [2.24, 2.45) is 5.92 Å². The van der Waals surface area contributed by atoms with Crippen LogP contribution in [0.15, 0.2) is 0 Å². The summed E-state index contributed by atoms with van der Waals surface area (Å²) in [6, 6.07) is 0.169. The summed E-state index contributed by atoms with van der Waals surface area (Å²) >= 11 is 5.80. The van der Waals surface area contributed by atoms with Gasteiger partial charge < -0.3 is 5.32 Å². The first-order chi connectivity index (χ1) is 4.95. The summed E-state index contributed by atoms with van der Waals surface area (Å²) in [5, 5.41) is 2.35. The van der Waals surface area contributed by atoms with Gasteiger partial charge >= 0.3 is 0 Å². The Labute approximate surface area is 73.3 Å². The van der Waals surface area contributed by atoms with Gasteiger partial charge in [0.1, 0.15) is 5.38 Å². The van der Waals surface area contributed by atoms with E-state index in [1.807, 2.05) is 27.7 Å². The molecule has 66 valence electrons. The van der Waals surface area contributed by atoms with Gasteiger partial charge in [0.2, 0.25) is 5.91 Å². The van der Waals surface area contributed by atoms with Crippen LogP contribution in [0.2, 0.25) is 0 Å². The average molecular weight is 178 g/mol. The minimum Gasteiger partial charge on any atom is -0.353 e. The van der Waals surface area contributed by atoms with E-state index in [9.17, 15) is 4.79 Å². The monoisotopic (exact) mass is 177 g/mol. The number of hydrogen-bond donors (Lipinski definition) is 1. The highest BCUT2D eigenvalue weighted by molar-refractivity contribution is 6.30. The third-order valence-electron chi connectivity index (χ3n) is 1.27. The molecule has 0 aliphatic heterocycles. The van der Waals surface area contributed by atoms with Gasteiger partial charge in [-0.25, -0.2) is 0 Å². The molecule has 11 heavy (non-hydrogen) atoms. The molecule has 0 aromatic rings. The molecule has 0 radical (unpaired) electrons. The molecule has 0 saturated heterocycles. The van der Waals surface area contributed by atoms with Crippen LogP contribution in [0.1, 0.15) is 27.7 Å². The standard InChI is InChI=1S/C8H16ClNO/c1-5(2)7(9)8(11)10-6(3)4/h5-7H,1-4H3,(H,10,11). The number of rotatable bonds is 3. The summed E-state index contributed by atoms with van der Waals surface area (Å²) in [6.45, 7) is 7.69. The summed E-state index contributed by atoms with van der Waals surface area (Å²) < 4.78 is 0. The number of nitrogens with one attached hydrogen (secondary N) is 1. The Kier molecular flexibility index (Phi) is 4.50. The van der Waals surface area contributed by atoms with E-state index in [0.717, 1.165) is 0 Å². The van der Waals surface area contributed by atoms with Gasteiger partial charge in [0, 0.05) is 6.04 Å². The van der Waals surface area contributed by atoms with Crippen molar-refractivity contribution in [3.8, 4) is 0 Å². The zero-order valence-corrected chi connectivity index (χ0v) is 8.27. The summed E-state index contributed by atoms with van der Waals surface area (Å²) in [5.74, 6) is 0.118. The maximum absolute atomic E-state index is 11.2. The number of carbonyl (C=O) groups is 1. The predicted molar refractivity (Wildman–Crippen MR) is 47.8 cm³/mol. The third kappa shape index (κ3) is 4.25. The van der Waals surface area contributed by atoms with E-state index in [4.69, 9.17) is 11.6 Å². The number of carbonyl (C=O) groups excluding carboxylic acids is 1. The second-order valence-corrected chi connectivity index (χ2v) is 3.78. The van der Waals surface area contributed by atoms with Crippen LogP contribution in [0, 0.1) is 5.92 Å². The van der Waals surface area contributed by atoms with Gasteiger partial charge in [-0.1, -0.05) is 13.8 Å². The molecular weight excluding hydrogens is 162 g/mol. The van der Waals surface area contributed by atoms with E-state index in [1.54, 1.807) is 0 Å². The molecule has 0 saturated carbocycles. The smallest absolute Gasteiger partial charge is 0.238 e. The first-order valence-electron chi connectivity index (χ1n) is 3.89. The largest absolute Gasteiger partial charge is 0.353 e. The van der Waals surface area contributed by atoms with Crippen LogP contribution in [-0.2, 0) is 4.79 Å². The second kappa shape index (κ2) is 4.60. The van der Waals surface area contributed by atoms with Gasteiger partial charge in [0.25, 0.3) is 0 Å². The normalized spacial score (nSPS) is 13.7. The van der Waals surface area contributed by atoms with E-state index in [2.05, 4.69) is 5.32 Å². The van der Waals surface area contributed by atoms with Gasteiger partial charge in [0.05, 0.1) is 0 Å². The maximum atomic E-state index is 11.2. The zero-order chi connectivity index (χ0) is 9.02. The molecule has 0 rings (SSSR count). The van der Waals surface area contributed by atoms with Crippen LogP contribution in [0.3, 0.4) is 0 Å². The Morgan fingerprint density at radius 3 is 2.00 bits per heavy atom. The summed E-state index contributed by atoms with van der Waals surface area (Å²) in [5.41, 5.74) is 0. The highest BCUT2D eigenvalue weighted by Gasteiger charge is 2.18. The predicted octanol–water partition coefficient (Wildman–Crippen LogP) is 1.77. The molecule has 1 amide bonds. The first-order valence-corrected chi connectivity index (χ1v) is 4.33. The lowest BCUT2D eigenvalue weighted by Gasteiger charge is -2.15. The van der Waals surface area contributed by atoms with E-state index in [-0.39, 0.29) is 17.9 Å². The Morgan fingerprint density at radius 2 is 1.73 bits per heavy atom. The van der Waals surface area contributed by atoms with Crippen molar-refractivity contribution in [1.82, 2.24) is 5.32 Å². The lowest BCUT2D eigenvalue weighted by molar-refractivity contribution is -0.121. The topological polar surface area (TPSA) is 29.1 Å². The van der Waals surface area contributed by atoms with Crippen molar-refractivity contribution in [2.75, 3.05) is 0 Å². The number of hydrogen-bond acceptors (Lipinski definition) is 1. The van der Waals surface area contributed by atoms with Gasteiger partial charge in [-0.3, -0.25) is 4.79 Å². The fourth-order valence-corrected chi connectivity index (χ4v) is 0.730. The molecule has 0 aromatic heterocycles.